The van der Waals surface area contributed by atoms with Crippen molar-refractivity contribution in [3.63, 3.8) is 0 Å². The maximum atomic E-state index is 5.81. The summed E-state index contributed by atoms with van der Waals surface area (Å²) in [7, 11) is 0. The fourth-order valence-corrected chi connectivity index (χ4v) is 3.13. The Bertz CT molecular complexity index is 217. The number of nitrogens with zero attached hydrogens (tertiary/aromatic N) is 1. The van der Waals surface area contributed by atoms with Crippen LogP contribution in [0.3, 0.4) is 0 Å². The lowest BCUT2D eigenvalue weighted by Crippen LogP contribution is -2.30. The molecule has 0 aromatic rings. The molecule has 18 heavy (non-hydrogen) atoms. The molecule has 0 spiro atoms. The monoisotopic (exact) mass is 254 g/mol. The molecule has 3 heteroatoms. The Hall–Kier alpha value is -0.120. The van der Waals surface area contributed by atoms with Crippen molar-refractivity contribution < 1.29 is 4.74 Å². The van der Waals surface area contributed by atoms with Crippen molar-refractivity contribution in [2.45, 2.75) is 51.6 Å². The molecule has 2 atom stereocenters. The molecular weight excluding hydrogens is 224 g/mol. The number of ether oxygens (including phenoxy) is 1. The third kappa shape index (κ3) is 4.87. The zero-order valence-electron chi connectivity index (χ0n) is 12.0. The lowest BCUT2D eigenvalue weighted by Gasteiger charge is -2.25. The molecule has 2 rings (SSSR count). The minimum absolute atomic E-state index is 0.552. The van der Waals surface area contributed by atoms with Crippen LogP contribution in [0, 0.1) is 5.92 Å². The summed E-state index contributed by atoms with van der Waals surface area (Å²) in [5, 5.41) is 3.55. The summed E-state index contributed by atoms with van der Waals surface area (Å²) in [4.78, 5) is 2.64. The minimum atomic E-state index is 0.552. The van der Waals surface area contributed by atoms with E-state index in [1.807, 2.05) is 0 Å². The van der Waals surface area contributed by atoms with Crippen LogP contribution in [0.5, 0.6) is 0 Å². The maximum absolute atomic E-state index is 5.81. The molecule has 0 aromatic heterocycles. The molecule has 2 aliphatic heterocycles. The van der Waals surface area contributed by atoms with Crippen LogP contribution >= 0.6 is 0 Å². The average molecular weight is 254 g/mol. The second-order valence-electron chi connectivity index (χ2n) is 5.94. The van der Waals surface area contributed by atoms with Gasteiger partial charge >= 0.3 is 0 Å². The van der Waals surface area contributed by atoms with Crippen molar-refractivity contribution >= 4 is 0 Å². The summed E-state index contributed by atoms with van der Waals surface area (Å²) >= 11 is 0. The van der Waals surface area contributed by atoms with E-state index < -0.39 is 0 Å². The van der Waals surface area contributed by atoms with Crippen LogP contribution in [0.25, 0.3) is 0 Å². The lowest BCUT2D eigenvalue weighted by atomic mass is 10.1. The van der Waals surface area contributed by atoms with Crippen molar-refractivity contribution in [3.05, 3.63) is 0 Å². The third-order valence-electron chi connectivity index (χ3n) is 4.27. The van der Waals surface area contributed by atoms with Gasteiger partial charge in [-0.15, -0.1) is 0 Å². The smallest absolute Gasteiger partial charge is 0.0587 e. The van der Waals surface area contributed by atoms with E-state index in [9.17, 15) is 0 Å². The van der Waals surface area contributed by atoms with E-state index in [2.05, 4.69) is 17.1 Å². The van der Waals surface area contributed by atoms with Crippen LogP contribution in [-0.2, 0) is 4.74 Å². The summed E-state index contributed by atoms with van der Waals surface area (Å²) in [6.45, 7) is 9.45. The normalized spacial score (nSPS) is 29.8. The second-order valence-corrected chi connectivity index (χ2v) is 5.94. The van der Waals surface area contributed by atoms with Crippen LogP contribution in [0.2, 0.25) is 0 Å². The van der Waals surface area contributed by atoms with Gasteiger partial charge in [-0.25, -0.2) is 0 Å². The Kier molecular flexibility index (Phi) is 6.46. The van der Waals surface area contributed by atoms with Crippen LogP contribution in [-0.4, -0.2) is 50.3 Å². The molecule has 0 radical (unpaired) electrons. The molecule has 0 amide bonds. The molecule has 3 nitrogen and oxygen atoms in total. The minimum Gasteiger partial charge on any atom is -0.378 e. The third-order valence-corrected chi connectivity index (χ3v) is 4.27. The highest BCUT2D eigenvalue weighted by molar-refractivity contribution is 4.78. The maximum Gasteiger partial charge on any atom is 0.0587 e. The topological polar surface area (TPSA) is 24.5 Å². The predicted octanol–water partition coefficient (Wildman–Crippen LogP) is 2.27. The molecule has 2 unspecified atom stereocenters. The molecule has 2 heterocycles. The van der Waals surface area contributed by atoms with Gasteiger partial charge in [0.05, 0.1) is 6.10 Å². The van der Waals surface area contributed by atoms with Crippen LogP contribution in [0.15, 0.2) is 0 Å². The van der Waals surface area contributed by atoms with Gasteiger partial charge in [0.2, 0.25) is 0 Å². The quantitative estimate of drug-likeness (QED) is 0.705. The molecule has 1 N–H and O–H groups in total. The lowest BCUT2D eigenvalue weighted by molar-refractivity contribution is 0.00649. The summed E-state index contributed by atoms with van der Waals surface area (Å²) in [5.41, 5.74) is 0. The van der Waals surface area contributed by atoms with Crippen molar-refractivity contribution in [1.29, 1.82) is 0 Å². The number of nitrogens with one attached hydrogen (secondary N) is 1. The Morgan fingerprint density at radius 3 is 3.00 bits per heavy atom. The average Bonchev–Trinajstić information content (AvgIpc) is 2.86. The van der Waals surface area contributed by atoms with E-state index >= 15 is 0 Å². The summed E-state index contributed by atoms with van der Waals surface area (Å²) in [6, 6.07) is 0. The number of hydrogen-bond donors (Lipinski definition) is 1. The molecule has 2 aliphatic rings. The van der Waals surface area contributed by atoms with Gasteiger partial charge in [0.1, 0.15) is 0 Å². The van der Waals surface area contributed by atoms with Crippen molar-refractivity contribution in [3.8, 4) is 0 Å². The van der Waals surface area contributed by atoms with Gasteiger partial charge in [-0.2, -0.15) is 0 Å². The van der Waals surface area contributed by atoms with E-state index in [1.165, 1.54) is 71.2 Å². The standard InChI is InChI=1S/C15H30N2O/c1-2-8-16-12-14-6-9-17(13-14)10-7-15-5-3-4-11-18-15/h14-16H,2-13H2,1H3. The second kappa shape index (κ2) is 8.13. The van der Waals surface area contributed by atoms with Crippen LogP contribution < -0.4 is 5.32 Å². The van der Waals surface area contributed by atoms with E-state index in [-0.39, 0.29) is 0 Å². The molecular formula is C15H30N2O. The SMILES string of the molecule is CCCNCC1CCN(CCC2CCCCO2)C1. The molecule has 106 valence electrons. The van der Waals surface area contributed by atoms with E-state index in [4.69, 9.17) is 4.74 Å². The molecule has 0 bridgehead atoms. The fraction of sp³-hybridized carbons (Fsp3) is 1.00. The number of rotatable bonds is 7. The molecule has 2 fully saturated rings. The summed E-state index contributed by atoms with van der Waals surface area (Å²) in [6.07, 6.45) is 8.35. The van der Waals surface area contributed by atoms with Gasteiger partial charge in [0.25, 0.3) is 0 Å². The highest BCUT2D eigenvalue weighted by Gasteiger charge is 2.23. The predicted molar refractivity (Wildman–Crippen MR) is 75.9 cm³/mol. The first-order chi connectivity index (χ1) is 8.88. The van der Waals surface area contributed by atoms with Gasteiger partial charge in [0.15, 0.2) is 0 Å². The molecule has 0 aromatic carbocycles. The van der Waals surface area contributed by atoms with Crippen LogP contribution in [0.4, 0.5) is 0 Å². The Labute approximate surface area is 112 Å². The van der Waals surface area contributed by atoms with E-state index in [0.29, 0.717) is 6.10 Å². The van der Waals surface area contributed by atoms with Gasteiger partial charge in [-0.3, -0.25) is 0 Å². The van der Waals surface area contributed by atoms with Crippen LogP contribution in [0.1, 0.15) is 45.4 Å². The molecule has 0 saturated carbocycles. The summed E-state index contributed by atoms with van der Waals surface area (Å²) in [5.74, 6) is 0.879. The highest BCUT2D eigenvalue weighted by Crippen LogP contribution is 2.19. The van der Waals surface area contributed by atoms with E-state index in [0.717, 1.165) is 12.5 Å². The van der Waals surface area contributed by atoms with Gasteiger partial charge in [-0.05, 0) is 64.1 Å². The van der Waals surface area contributed by atoms with E-state index in [1.54, 1.807) is 0 Å². The summed E-state index contributed by atoms with van der Waals surface area (Å²) < 4.78 is 5.81. The van der Waals surface area contributed by atoms with Gasteiger partial charge in [0, 0.05) is 19.7 Å². The zero-order valence-corrected chi connectivity index (χ0v) is 12.0. The Morgan fingerprint density at radius 1 is 1.28 bits per heavy atom. The Balaban J connectivity index is 1.54. The number of hydrogen-bond acceptors (Lipinski definition) is 3. The first-order valence-electron chi connectivity index (χ1n) is 7.93. The van der Waals surface area contributed by atoms with Gasteiger partial charge in [-0.1, -0.05) is 6.92 Å². The first-order valence-corrected chi connectivity index (χ1v) is 7.93. The van der Waals surface area contributed by atoms with Crippen molar-refractivity contribution in [1.82, 2.24) is 10.2 Å². The van der Waals surface area contributed by atoms with Gasteiger partial charge < -0.3 is 15.0 Å². The van der Waals surface area contributed by atoms with Crippen molar-refractivity contribution in [2.24, 2.45) is 5.92 Å². The Morgan fingerprint density at radius 2 is 2.22 bits per heavy atom. The molecule has 0 aliphatic carbocycles. The first kappa shape index (κ1) is 14.3. The highest BCUT2D eigenvalue weighted by atomic mass is 16.5. The van der Waals surface area contributed by atoms with Crippen molar-refractivity contribution in [2.75, 3.05) is 39.3 Å². The molecule has 2 saturated heterocycles. The zero-order chi connectivity index (χ0) is 12.6. The largest absolute Gasteiger partial charge is 0.378 e. The fourth-order valence-electron chi connectivity index (χ4n) is 3.13. The number of likely N-dealkylation sites (tertiary alicyclic amines) is 1.